The van der Waals surface area contributed by atoms with Crippen LogP contribution in [0.2, 0.25) is 0 Å². The average Bonchev–Trinajstić information content (AvgIpc) is 3.07. The number of ether oxygens (including phenoxy) is 3. The molecule has 0 aliphatic carbocycles. The van der Waals surface area contributed by atoms with E-state index < -0.39 is 0 Å². The molecule has 1 rings (SSSR count). The summed E-state index contributed by atoms with van der Waals surface area (Å²) in [5.74, 6) is -0.579. The molecule has 1 aliphatic rings. The largest absolute Gasteiger partial charge is 0.465 e. The van der Waals surface area contributed by atoms with Crippen LogP contribution in [-0.2, 0) is 23.8 Å². The summed E-state index contributed by atoms with van der Waals surface area (Å²) in [5.41, 5.74) is 0. The first kappa shape index (κ1) is 12.9. The second-order valence-corrected chi connectivity index (χ2v) is 3.74. The zero-order valence-electron chi connectivity index (χ0n) is 9.82. The predicted molar refractivity (Wildman–Crippen MR) is 53.9 cm³/mol. The Morgan fingerprint density at radius 2 is 2.06 bits per heavy atom. The summed E-state index contributed by atoms with van der Waals surface area (Å²) in [7, 11) is 2.88. The summed E-state index contributed by atoms with van der Waals surface area (Å²) < 4.78 is 14.3. The molecule has 1 N–H and O–H groups in total. The van der Waals surface area contributed by atoms with Gasteiger partial charge in [0.25, 0.3) is 0 Å². The predicted octanol–water partition coefficient (Wildman–Crippen LogP) is -2.00. The Morgan fingerprint density at radius 3 is 2.62 bits per heavy atom. The van der Waals surface area contributed by atoms with Crippen molar-refractivity contribution in [1.29, 1.82) is 0 Å². The molecule has 0 spiro atoms. The zero-order chi connectivity index (χ0) is 12.1. The second-order valence-electron chi connectivity index (χ2n) is 3.74. The van der Waals surface area contributed by atoms with Gasteiger partial charge in [-0.1, -0.05) is 0 Å². The van der Waals surface area contributed by atoms with Gasteiger partial charge >= 0.3 is 11.9 Å². The fourth-order valence-corrected chi connectivity index (χ4v) is 1.54. The Hall–Kier alpha value is -1.14. The van der Waals surface area contributed by atoms with Crippen molar-refractivity contribution in [1.82, 2.24) is 0 Å². The quantitative estimate of drug-likeness (QED) is 0.326. The smallest absolute Gasteiger partial charge is 0.371 e. The van der Waals surface area contributed by atoms with Gasteiger partial charge in [-0.05, 0) is 6.92 Å². The molecular weight excluding hydrogens is 214 g/mol. The normalized spacial score (nSPS) is 24.7. The molecule has 0 aromatic rings. The van der Waals surface area contributed by atoms with E-state index >= 15 is 0 Å². The summed E-state index contributed by atoms with van der Waals surface area (Å²) >= 11 is 0. The van der Waals surface area contributed by atoms with Crippen LogP contribution in [0.15, 0.2) is 0 Å². The maximum Gasteiger partial charge on any atom is 0.371 e. The van der Waals surface area contributed by atoms with Gasteiger partial charge in [0.2, 0.25) is 6.04 Å². The first-order valence-electron chi connectivity index (χ1n) is 5.20. The van der Waals surface area contributed by atoms with Crippen LogP contribution in [0, 0.1) is 0 Å². The molecule has 1 fully saturated rings. The van der Waals surface area contributed by atoms with Gasteiger partial charge in [0.05, 0.1) is 13.7 Å². The topological polar surface area (TPSA) is 66.3 Å². The van der Waals surface area contributed by atoms with Gasteiger partial charge in [-0.3, -0.25) is 0 Å². The lowest BCUT2D eigenvalue weighted by molar-refractivity contribution is -0.787. The maximum atomic E-state index is 11.5. The van der Waals surface area contributed by atoms with E-state index in [1.807, 2.05) is 0 Å². The Kier molecular flexibility index (Phi) is 4.70. The van der Waals surface area contributed by atoms with Crippen molar-refractivity contribution in [3.8, 4) is 0 Å². The van der Waals surface area contributed by atoms with Gasteiger partial charge in [-0.15, -0.1) is 0 Å². The van der Waals surface area contributed by atoms with Gasteiger partial charge < -0.3 is 19.1 Å². The third kappa shape index (κ3) is 3.18. The van der Waals surface area contributed by atoms with Crippen molar-refractivity contribution in [3.63, 3.8) is 0 Å². The Morgan fingerprint density at radius 1 is 1.38 bits per heavy atom. The molecule has 6 heteroatoms. The molecule has 0 aromatic heterocycles. The maximum absolute atomic E-state index is 11.5. The Labute approximate surface area is 94.4 Å². The van der Waals surface area contributed by atoms with E-state index in [2.05, 4.69) is 4.74 Å². The van der Waals surface area contributed by atoms with Gasteiger partial charge in [0, 0.05) is 7.11 Å². The first-order valence-corrected chi connectivity index (χ1v) is 5.20. The summed E-state index contributed by atoms with van der Waals surface area (Å²) in [5, 5.41) is 0. The molecule has 1 heterocycles. The number of carbonyl (C=O) groups is 2. The molecule has 0 saturated carbocycles. The third-order valence-electron chi connectivity index (χ3n) is 2.65. The fourth-order valence-electron chi connectivity index (χ4n) is 1.54. The number of quaternary nitrogens is 1. The molecule has 1 unspecified atom stereocenters. The SMILES string of the molecule is COCCOC(=O)[C@H]1C[NH+]1[C@H](C)C(=O)OC. The van der Waals surface area contributed by atoms with Gasteiger partial charge in [-0.25, -0.2) is 9.59 Å². The van der Waals surface area contributed by atoms with E-state index in [0.717, 1.165) is 4.90 Å². The Bertz CT molecular complexity index is 268. The molecule has 92 valence electrons. The first-order chi connectivity index (χ1) is 7.61. The molecule has 0 radical (unpaired) electrons. The number of nitrogens with one attached hydrogen (secondary N) is 1. The molecule has 16 heavy (non-hydrogen) atoms. The molecule has 6 nitrogen and oxygen atoms in total. The fraction of sp³-hybridized carbons (Fsp3) is 0.800. The number of hydrogen-bond acceptors (Lipinski definition) is 5. The van der Waals surface area contributed by atoms with E-state index in [-0.39, 0.29) is 30.6 Å². The summed E-state index contributed by atoms with van der Waals surface area (Å²) in [6, 6.07) is -0.545. The highest BCUT2D eigenvalue weighted by molar-refractivity contribution is 5.78. The van der Waals surface area contributed by atoms with Crippen molar-refractivity contribution in [2.24, 2.45) is 0 Å². The van der Waals surface area contributed by atoms with Crippen LogP contribution in [0.1, 0.15) is 6.92 Å². The van der Waals surface area contributed by atoms with Crippen molar-refractivity contribution in [2.75, 3.05) is 34.0 Å². The van der Waals surface area contributed by atoms with Crippen LogP contribution in [0.4, 0.5) is 0 Å². The summed E-state index contributed by atoms with van der Waals surface area (Å²) in [6.45, 7) is 3.01. The minimum absolute atomic E-state index is 0.231. The number of hydrogen-bond donors (Lipinski definition) is 1. The highest BCUT2D eigenvalue weighted by Crippen LogP contribution is 1.97. The number of esters is 2. The van der Waals surface area contributed by atoms with Crippen LogP contribution in [0.3, 0.4) is 0 Å². The molecule has 1 aliphatic heterocycles. The minimum atomic E-state index is -0.315. The monoisotopic (exact) mass is 232 g/mol. The lowest BCUT2D eigenvalue weighted by Crippen LogP contribution is -3.01. The van der Waals surface area contributed by atoms with Crippen molar-refractivity contribution >= 4 is 11.9 Å². The molecule has 0 amide bonds. The highest BCUT2D eigenvalue weighted by atomic mass is 16.6. The average molecular weight is 232 g/mol. The van der Waals surface area contributed by atoms with Crippen molar-refractivity contribution in [3.05, 3.63) is 0 Å². The summed E-state index contributed by atoms with van der Waals surface area (Å²) in [6.07, 6.45) is 0. The van der Waals surface area contributed by atoms with E-state index in [4.69, 9.17) is 9.47 Å². The standard InChI is InChI=1S/C10H17NO5/c1-7(9(12)15-3)11-6-8(11)10(13)16-5-4-14-2/h7-8H,4-6H2,1-3H3/p+1/t7-,8-,11?/m1/s1. The van der Waals surface area contributed by atoms with Gasteiger partial charge in [0.1, 0.15) is 13.2 Å². The number of rotatable bonds is 6. The van der Waals surface area contributed by atoms with Gasteiger partial charge in [0.15, 0.2) is 6.04 Å². The van der Waals surface area contributed by atoms with Gasteiger partial charge in [-0.2, -0.15) is 0 Å². The number of methoxy groups -OCH3 is 2. The van der Waals surface area contributed by atoms with E-state index in [1.54, 1.807) is 14.0 Å². The second kappa shape index (κ2) is 5.81. The molecule has 0 bridgehead atoms. The van der Waals surface area contributed by atoms with Crippen LogP contribution in [0.25, 0.3) is 0 Å². The zero-order valence-corrected chi connectivity index (χ0v) is 9.82. The van der Waals surface area contributed by atoms with E-state index in [0.29, 0.717) is 13.2 Å². The Balaban J connectivity index is 2.27. The summed E-state index contributed by atoms with van der Waals surface area (Å²) in [4.78, 5) is 23.6. The van der Waals surface area contributed by atoms with Crippen LogP contribution in [-0.4, -0.2) is 58.0 Å². The molecule has 0 aromatic carbocycles. The lowest BCUT2D eigenvalue weighted by Gasteiger charge is -2.07. The molecule has 3 atom stereocenters. The van der Waals surface area contributed by atoms with Crippen LogP contribution in [0.5, 0.6) is 0 Å². The van der Waals surface area contributed by atoms with Crippen LogP contribution < -0.4 is 4.90 Å². The highest BCUT2D eigenvalue weighted by Gasteiger charge is 2.53. The van der Waals surface area contributed by atoms with Crippen molar-refractivity contribution < 1.29 is 28.7 Å². The van der Waals surface area contributed by atoms with E-state index in [9.17, 15) is 9.59 Å². The van der Waals surface area contributed by atoms with E-state index in [1.165, 1.54) is 7.11 Å². The van der Waals surface area contributed by atoms with Crippen molar-refractivity contribution in [2.45, 2.75) is 19.0 Å². The molecular formula is C10H18NO5+. The minimum Gasteiger partial charge on any atom is -0.465 e. The number of carbonyl (C=O) groups excluding carboxylic acids is 2. The third-order valence-corrected chi connectivity index (χ3v) is 2.65. The molecule has 1 saturated heterocycles. The lowest BCUT2D eigenvalue weighted by atomic mass is 10.3. The van der Waals surface area contributed by atoms with Crippen LogP contribution >= 0.6 is 0 Å².